The summed E-state index contributed by atoms with van der Waals surface area (Å²) in [5.74, 6) is 0.912. The van der Waals surface area contributed by atoms with Crippen LogP contribution in [0.3, 0.4) is 0 Å². The molecule has 1 amide bonds. The van der Waals surface area contributed by atoms with Crippen molar-refractivity contribution in [2.75, 3.05) is 26.2 Å². The van der Waals surface area contributed by atoms with E-state index >= 15 is 0 Å². The van der Waals surface area contributed by atoms with Gasteiger partial charge in [0.1, 0.15) is 5.75 Å². The predicted octanol–water partition coefficient (Wildman–Crippen LogP) is 2.58. The van der Waals surface area contributed by atoms with E-state index in [0.29, 0.717) is 0 Å². The molecule has 21 heavy (non-hydrogen) atoms. The van der Waals surface area contributed by atoms with E-state index in [-0.39, 0.29) is 12.5 Å². The molecular formula is C17H26N2O2. The van der Waals surface area contributed by atoms with Crippen molar-refractivity contribution in [1.29, 1.82) is 0 Å². The summed E-state index contributed by atoms with van der Waals surface area (Å²) in [6.45, 7) is 5.88. The average molecular weight is 290 g/mol. The standard InChI is InChI=1S/C17H26N2O2/c1-2-3-10-18-13-15-8-4-5-9-16(15)21-14-17(20)19-11-6-7-12-19/h4-5,8-9,18H,2-3,6-7,10-14H2,1H3. The summed E-state index contributed by atoms with van der Waals surface area (Å²) < 4.78 is 5.74. The smallest absolute Gasteiger partial charge is 0.260 e. The summed E-state index contributed by atoms with van der Waals surface area (Å²) in [4.78, 5) is 13.9. The van der Waals surface area contributed by atoms with Gasteiger partial charge in [0.2, 0.25) is 0 Å². The van der Waals surface area contributed by atoms with Crippen LogP contribution in [0.1, 0.15) is 38.2 Å². The monoisotopic (exact) mass is 290 g/mol. The Balaban J connectivity index is 1.82. The number of rotatable bonds is 8. The molecule has 1 aliphatic heterocycles. The Hall–Kier alpha value is -1.55. The zero-order chi connectivity index (χ0) is 14.9. The van der Waals surface area contributed by atoms with Crippen LogP contribution in [-0.4, -0.2) is 37.0 Å². The second-order valence-electron chi connectivity index (χ2n) is 5.51. The van der Waals surface area contributed by atoms with Crippen LogP contribution in [0, 0.1) is 0 Å². The maximum absolute atomic E-state index is 12.0. The Bertz CT molecular complexity index is 442. The van der Waals surface area contributed by atoms with Crippen molar-refractivity contribution >= 4 is 5.91 Å². The van der Waals surface area contributed by atoms with Gasteiger partial charge in [0.05, 0.1) is 0 Å². The maximum atomic E-state index is 12.0. The van der Waals surface area contributed by atoms with E-state index in [1.165, 1.54) is 12.8 Å². The van der Waals surface area contributed by atoms with Gasteiger partial charge in [-0.05, 0) is 31.9 Å². The molecule has 4 heteroatoms. The SMILES string of the molecule is CCCCNCc1ccccc1OCC(=O)N1CCCC1. The second-order valence-corrected chi connectivity index (χ2v) is 5.51. The van der Waals surface area contributed by atoms with Crippen LogP contribution in [0.25, 0.3) is 0 Å². The third kappa shape index (κ3) is 5.05. The van der Waals surface area contributed by atoms with Crippen LogP contribution in [0.4, 0.5) is 0 Å². The van der Waals surface area contributed by atoms with E-state index < -0.39 is 0 Å². The highest BCUT2D eigenvalue weighted by Gasteiger charge is 2.18. The first-order valence-electron chi connectivity index (χ1n) is 8.00. The summed E-state index contributed by atoms with van der Waals surface area (Å²) in [6, 6.07) is 7.94. The Kier molecular flexibility index (Phi) is 6.54. The minimum Gasteiger partial charge on any atom is -0.483 e. The van der Waals surface area contributed by atoms with E-state index in [1.807, 2.05) is 23.1 Å². The maximum Gasteiger partial charge on any atom is 0.260 e. The Morgan fingerprint density at radius 3 is 2.81 bits per heavy atom. The molecule has 116 valence electrons. The highest BCUT2D eigenvalue weighted by atomic mass is 16.5. The summed E-state index contributed by atoms with van der Waals surface area (Å²) >= 11 is 0. The summed E-state index contributed by atoms with van der Waals surface area (Å²) in [5, 5.41) is 3.41. The molecule has 0 unspecified atom stereocenters. The second kappa shape index (κ2) is 8.67. The third-order valence-electron chi connectivity index (χ3n) is 3.81. The van der Waals surface area contributed by atoms with Gasteiger partial charge < -0.3 is 15.0 Å². The Morgan fingerprint density at radius 1 is 1.29 bits per heavy atom. The number of carbonyl (C=O) groups excluding carboxylic acids is 1. The fourth-order valence-electron chi connectivity index (χ4n) is 2.51. The number of hydrogen-bond acceptors (Lipinski definition) is 3. The van der Waals surface area contributed by atoms with Gasteiger partial charge in [0.15, 0.2) is 6.61 Å². The first-order chi connectivity index (χ1) is 10.3. The molecule has 1 heterocycles. The molecule has 4 nitrogen and oxygen atoms in total. The minimum atomic E-state index is 0.0984. The Morgan fingerprint density at radius 2 is 2.05 bits per heavy atom. The van der Waals surface area contributed by atoms with Gasteiger partial charge >= 0.3 is 0 Å². The number of likely N-dealkylation sites (tertiary alicyclic amines) is 1. The van der Waals surface area contributed by atoms with Crippen LogP contribution in [-0.2, 0) is 11.3 Å². The van der Waals surface area contributed by atoms with Gasteiger partial charge in [-0.25, -0.2) is 0 Å². The quantitative estimate of drug-likeness (QED) is 0.748. The third-order valence-corrected chi connectivity index (χ3v) is 3.81. The molecule has 0 radical (unpaired) electrons. The van der Waals surface area contributed by atoms with Crippen LogP contribution >= 0.6 is 0 Å². The summed E-state index contributed by atoms with van der Waals surface area (Å²) in [5.41, 5.74) is 1.11. The van der Waals surface area contributed by atoms with Gasteiger partial charge in [-0.3, -0.25) is 4.79 Å². The molecule has 0 atom stereocenters. The molecule has 0 saturated carbocycles. The van der Waals surface area contributed by atoms with E-state index in [4.69, 9.17) is 4.74 Å². The zero-order valence-corrected chi connectivity index (χ0v) is 12.9. The Labute approximate surface area is 127 Å². The first-order valence-corrected chi connectivity index (χ1v) is 8.00. The molecule has 1 N–H and O–H groups in total. The lowest BCUT2D eigenvalue weighted by Crippen LogP contribution is -2.32. The fourth-order valence-corrected chi connectivity index (χ4v) is 2.51. The van der Waals surface area contributed by atoms with Crippen molar-refractivity contribution in [3.63, 3.8) is 0 Å². The molecule has 1 aliphatic rings. The number of para-hydroxylation sites is 1. The number of unbranched alkanes of at least 4 members (excludes halogenated alkanes) is 1. The lowest BCUT2D eigenvalue weighted by Gasteiger charge is -2.17. The van der Waals surface area contributed by atoms with Crippen LogP contribution < -0.4 is 10.1 Å². The lowest BCUT2D eigenvalue weighted by atomic mass is 10.2. The van der Waals surface area contributed by atoms with Crippen molar-refractivity contribution in [1.82, 2.24) is 10.2 Å². The number of amides is 1. The van der Waals surface area contributed by atoms with Crippen LogP contribution in [0.2, 0.25) is 0 Å². The predicted molar refractivity (Wildman–Crippen MR) is 84.4 cm³/mol. The van der Waals surface area contributed by atoms with Crippen molar-refractivity contribution in [2.45, 2.75) is 39.2 Å². The highest BCUT2D eigenvalue weighted by molar-refractivity contribution is 5.78. The topological polar surface area (TPSA) is 41.6 Å². The molecule has 0 aromatic heterocycles. The molecule has 2 rings (SSSR count). The van der Waals surface area contributed by atoms with E-state index in [2.05, 4.69) is 18.3 Å². The average Bonchev–Trinajstić information content (AvgIpc) is 3.04. The van der Waals surface area contributed by atoms with Gasteiger partial charge in [-0.2, -0.15) is 0 Å². The largest absolute Gasteiger partial charge is 0.483 e. The normalized spacial score (nSPS) is 14.4. The van der Waals surface area contributed by atoms with E-state index in [0.717, 1.165) is 50.3 Å². The van der Waals surface area contributed by atoms with Gasteiger partial charge in [0, 0.05) is 25.2 Å². The molecule has 0 spiro atoms. The van der Waals surface area contributed by atoms with Crippen LogP contribution in [0.15, 0.2) is 24.3 Å². The number of benzene rings is 1. The van der Waals surface area contributed by atoms with Gasteiger partial charge in [-0.15, -0.1) is 0 Å². The van der Waals surface area contributed by atoms with Crippen molar-refractivity contribution < 1.29 is 9.53 Å². The van der Waals surface area contributed by atoms with Crippen molar-refractivity contribution in [3.8, 4) is 5.75 Å². The van der Waals surface area contributed by atoms with Gasteiger partial charge in [-0.1, -0.05) is 31.5 Å². The minimum absolute atomic E-state index is 0.0984. The molecule has 0 bridgehead atoms. The molecule has 1 aromatic rings. The fraction of sp³-hybridized carbons (Fsp3) is 0.588. The van der Waals surface area contributed by atoms with E-state index in [9.17, 15) is 4.79 Å². The summed E-state index contributed by atoms with van der Waals surface area (Å²) in [6.07, 6.45) is 4.60. The van der Waals surface area contributed by atoms with Gasteiger partial charge in [0.25, 0.3) is 5.91 Å². The van der Waals surface area contributed by atoms with E-state index in [1.54, 1.807) is 0 Å². The first kappa shape index (κ1) is 15.8. The number of hydrogen-bond donors (Lipinski definition) is 1. The molecule has 0 aliphatic carbocycles. The molecule has 1 saturated heterocycles. The number of ether oxygens (including phenoxy) is 1. The summed E-state index contributed by atoms with van der Waals surface area (Å²) in [7, 11) is 0. The highest BCUT2D eigenvalue weighted by Crippen LogP contribution is 2.18. The van der Waals surface area contributed by atoms with Crippen molar-refractivity contribution in [3.05, 3.63) is 29.8 Å². The van der Waals surface area contributed by atoms with Crippen LogP contribution in [0.5, 0.6) is 5.75 Å². The lowest BCUT2D eigenvalue weighted by molar-refractivity contribution is -0.132. The molecule has 1 fully saturated rings. The molecular weight excluding hydrogens is 264 g/mol. The van der Waals surface area contributed by atoms with Crippen molar-refractivity contribution in [2.24, 2.45) is 0 Å². The number of nitrogens with zero attached hydrogens (tertiary/aromatic N) is 1. The molecule has 1 aromatic carbocycles. The number of nitrogens with one attached hydrogen (secondary N) is 1. The zero-order valence-electron chi connectivity index (χ0n) is 12.9. The number of carbonyl (C=O) groups is 1.